The summed E-state index contributed by atoms with van der Waals surface area (Å²) in [7, 11) is 0. The first-order valence-electron chi connectivity index (χ1n) is 6.68. The number of halogens is 1. The van der Waals surface area contributed by atoms with Crippen LogP contribution in [-0.2, 0) is 4.79 Å². The molecule has 1 unspecified atom stereocenters. The van der Waals surface area contributed by atoms with Crippen LogP contribution in [0.25, 0.3) is 0 Å². The van der Waals surface area contributed by atoms with Crippen molar-refractivity contribution < 1.29 is 14.7 Å². The number of hydrogen-bond donors (Lipinski definition) is 2. The van der Waals surface area contributed by atoms with E-state index in [4.69, 9.17) is 11.6 Å². The average molecular weight is 301 g/mol. The Balaban J connectivity index is 2.98. The summed E-state index contributed by atoms with van der Waals surface area (Å²) in [6.07, 6.45) is 2.34. The Hall–Kier alpha value is -1.49. The van der Waals surface area contributed by atoms with E-state index in [2.05, 4.69) is 5.32 Å². The minimum absolute atomic E-state index is 0.0649. The summed E-state index contributed by atoms with van der Waals surface area (Å²) < 4.78 is 1.73. The second kappa shape index (κ2) is 6.79. The highest BCUT2D eigenvalue weighted by atomic mass is 35.5. The van der Waals surface area contributed by atoms with Gasteiger partial charge in [-0.05, 0) is 25.8 Å². The zero-order valence-corrected chi connectivity index (χ0v) is 12.9. The lowest BCUT2D eigenvalue weighted by atomic mass is 9.99. The number of carbonyl (C=O) groups excluding carboxylic acids is 1. The molecule has 0 aliphatic carbocycles. The van der Waals surface area contributed by atoms with Crippen molar-refractivity contribution in [1.29, 1.82) is 0 Å². The van der Waals surface area contributed by atoms with Crippen molar-refractivity contribution in [2.24, 2.45) is 5.92 Å². The molecule has 1 rings (SSSR count). The standard InChI is InChI=1S/C14H21ClN2O3/c1-5-9(4)12(14(19)20)16-13(18)11-6-10(15)7-17(11)8(2)3/h6-9,12H,5H2,1-4H3,(H,16,18)(H,19,20)/t9?,12-/m0/s1. The lowest BCUT2D eigenvalue weighted by molar-refractivity contribution is -0.140. The number of rotatable bonds is 6. The van der Waals surface area contributed by atoms with Gasteiger partial charge < -0.3 is 15.0 Å². The van der Waals surface area contributed by atoms with Crippen LogP contribution in [0.1, 0.15) is 50.6 Å². The summed E-state index contributed by atoms with van der Waals surface area (Å²) in [5, 5.41) is 12.2. The number of carboxylic acids is 1. The molecule has 0 aliphatic rings. The van der Waals surface area contributed by atoms with Gasteiger partial charge in [-0.1, -0.05) is 31.9 Å². The molecule has 0 aromatic carbocycles. The monoisotopic (exact) mass is 300 g/mol. The Morgan fingerprint density at radius 3 is 2.45 bits per heavy atom. The molecular weight excluding hydrogens is 280 g/mol. The molecule has 0 aliphatic heterocycles. The van der Waals surface area contributed by atoms with Gasteiger partial charge >= 0.3 is 5.97 Å². The van der Waals surface area contributed by atoms with Crippen LogP contribution >= 0.6 is 11.6 Å². The van der Waals surface area contributed by atoms with E-state index in [0.29, 0.717) is 17.1 Å². The molecule has 1 aromatic heterocycles. The first-order valence-corrected chi connectivity index (χ1v) is 7.06. The minimum Gasteiger partial charge on any atom is -0.480 e. The molecule has 0 saturated heterocycles. The number of aromatic nitrogens is 1. The Bertz CT molecular complexity index is 497. The number of hydrogen-bond acceptors (Lipinski definition) is 2. The third kappa shape index (κ3) is 3.76. The van der Waals surface area contributed by atoms with Crippen LogP contribution in [0.4, 0.5) is 0 Å². The molecule has 5 nitrogen and oxygen atoms in total. The van der Waals surface area contributed by atoms with Crippen molar-refractivity contribution in [2.75, 3.05) is 0 Å². The zero-order valence-electron chi connectivity index (χ0n) is 12.2. The highest BCUT2D eigenvalue weighted by molar-refractivity contribution is 6.31. The van der Waals surface area contributed by atoms with Gasteiger partial charge in [0.2, 0.25) is 0 Å². The minimum atomic E-state index is -1.03. The molecule has 20 heavy (non-hydrogen) atoms. The normalized spacial score (nSPS) is 14.1. The summed E-state index contributed by atoms with van der Waals surface area (Å²) in [4.78, 5) is 23.5. The van der Waals surface area contributed by atoms with Gasteiger partial charge in [-0.25, -0.2) is 4.79 Å². The lowest BCUT2D eigenvalue weighted by Gasteiger charge is -2.21. The smallest absolute Gasteiger partial charge is 0.326 e. The van der Waals surface area contributed by atoms with Crippen molar-refractivity contribution in [2.45, 2.75) is 46.2 Å². The van der Waals surface area contributed by atoms with E-state index < -0.39 is 17.9 Å². The maximum atomic E-state index is 12.3. The number of amides is 1. The van der Waals surface area contributed by atoms with Crippen LogP contribution in [0.15, 0.2) is 12.3 Å². The van der Waals surface area contributed by atoms with E-state index in [1.54, 1.807) is 23.8 Å². The zero-order chi connectivity index (χ0) is 15.4. The van der Waals surface area contributed by atoms with Gasteiger partial charge in [0.25, 0.3) is 5.91 Å². The van der Waals surface area contributed by atoms with E-state index in [-0.39, 0.29) is 12.0 Å². The van der Waals surface area contributed by atoms with Gasteiger partial charge in [0.15, 0.2) is 0 Å². The van der Waals surface area contributed by atoms with E-state index in [1.165, 1.54) is 0 Å². The summed E-state index contributed by atoms with van der Waals surface area (Å²) in [5.41, 5.74) is 0.375. The van der Waals surface area contributed by atoms with Crippen LogP contribution in [0.3, 0.4) is 0 Å². The number of carboxylic acid groups (broad SMARTS) is 1. The maximum absolute atomic E-state index is 12.3. The Morgan fingerprint density at radius 2 is 2.00 bits per heavy atom. The topological polar surface area (TPSA) is 71.3 Å². The molecular formula is C14H21ClN2O3. The van der Waals surface area contributed by atoms with Crippen molar-refractivity contribution in [3.63, 3.8) is 0 Å². The Labute approximate surface area is 123 Å². The van der Waals surface area contributed by atoms with Crippen molar-refractivity contribution in [3.05, 3.63) is 23.0 Å². The summed E-state index contributed by atoms with van der Waals surface area (Å²) in [6, 6.07) is 0.712. The van der Waals surface area contributed by atoms with Crippen molar-refractivity contribution in [3.8, 4) is 0 Å². The molecule has 2 N–H and O–H groups in total. The first kappa shape index (κ1) is 16.6. The predicted octanol–water partition coefficient (Wildman–Crippen LogP) is 2.95. The number of nitrogens with zero attached hydrogens (tertiary/aromatic N) is 1. The molecule has 1 amide bonds. The van der Waals surface area contributed by atoms with Crippen LogP contribution in [0, 0.1) is 5.92 Å². The summed E-state index contributed by atoms with van der Waals surface area (Å²) in [5.74, 6) is -1.59. The van der Waals surface area contributed by atoms with E-state index in [9.17, 15) is 14.7 Å². The Morgan fingerprint density at radius 1 is 1.40 bits per heavy atom. The molecule has 0 bridgehead atoms. The molecule has 6 heteroatoms. The lowest BCUT2D eigenvalue weighted by Crippen LogP contribution is -2.45. The van der Waals surface area contributed by atoms with Gasteiger partial charge in [0.05, 0.1) is 5.02 Å². The summed E-state index contributed by atoms with van der Waals surface area (Å²) in [6.45, 7) is 7.54. The second-order valence-corrected chi connectivity index (χ2v) is 5.66. The third-order valence-corrected chi connectivity index (χ3v) is 3.58. The molecule has 0 saturated carbocycles. The molecule has 0 spiro atoms. The van der Waals surface area contributed by atoms with E-state index >= 15 is 0 Å². The third-order valence-electron chi connectivity index (χ3n) is 3.37. The van der Waals surface area contributed by atoms with E-state index in [1.807, 2.05) is 20.8 Å². The van der Waals surface area contributed by atoms with Crippen LogP contribution in [0.5, 0.6) is 0 Å². The highest BCUT2D eigenvalue weighted by Gasteiger charge is 2.27. The second-order valence-electron chi connectivity index (χ2n) is 5.22. The van der Waals surface area contributed by atoms with Gasteiger partial charge in [0.1, 0.15) is 11.7 Å². The van der Waals surface area contributed by atoms with Crippen LogP contribution < -0.4 is 5.32 Å². The molecule has 1 aromatic rings. The average Bonchev–Trinajstić information content (AvgIpc) is 2.76. The number of nitrogens with one attached hydrogen (secondary N) is 1. The fourth-order valence-electron chi connectivity index (χ4n) is 1.95. The van der Waals surface area contributed by atoms with E-state index in [0.717, 1.165) is 0 Å². The fourth-order valence-corrected chi connectivity index (χ4v) is 2.16. The maximum Gasteiger partial charge on any atom is 0.326 e. The van der Waals surface area contributed by atoms with Gasteiger partial charge in [-0.2, -0.15) is 0 Å². The van der Waals surface area contributed by atoms with Crippen LogP contribution in [0.2, 0.25) is 5.02 Å². The molecule has 0 fully saturated rings. The van der Waals surface area contributed by atoms with Gasteiger partial charge in [-0.15, -0.1) is 0 Å². The van der Waals surface area contributed by atoms with Gasteiger partial charge in [-0.3, -0.25) is 4.79 Å². The summed E-state index contributed by atoms with van der Waals surface area (Å²) >= 11 is 5.93. The largest absolute Gasteiger partial charge is 0.480 e. The number of carbonyl (C=O) groups is 2. The van der Waals surface area contributed by atoms with Gasteiger partial charge in [0, 0.05) is 12.2 Å². The predicted molar refractivity (Wildman–Crippen MR) is 78.2 cm³/mol. The first-order chi connectivity index (χ1) is 9.27. The quantitative estimate of drug-likeness (QED) is 0.848. The fraction of sp³-hybridized carbons (Fsp3) is 0.571. The van der Waals surface area contributed by atoms with Crippen LogP contribution in [-0.4, -0.2) is 27.6 Å². The molecule has 112 valence electrons. The Kier molecular flexibility index (Phi) is 5.62. The SMILES string of the molecule is CCC(C)[C@H](NC(=O)c1cc(Cl)cn1C(C)C)C(=O)O. The number of aliphatic carboxylic acids is 1. The molecule has 1 heterocycles. The highest BCUT2D eigenvalue weighted by Crippen LogP contribution is 2.19. The molecule has 2 atom stereocenters. The van der Waals surface area contributed by atoms with Crippen molar-refractivity contribution >= 4 is 23.5 Å². The molecule has 0 radical (unpaired) electrons. The van der Waals surface area contributed by atoms with Crippen molar-refractivity contribution in [1.82, 2.24) is 9.88 Å².